The van der Waals surface area contributed by atoms with E-state index in [0.29, 0.717) is 27.9 Å². The first kappa shape index (κ1) is 23.3. The van der Waals surface area contributed by atoms with Crippen LogP contribution < -0.4 is 14.8 Å². The maximum Gasteiger partial charge on any atom is 0.247 e. The number of nitrogens with zero attached hydrogens (tertiary/aromatic N) is 1. The number of carbonyl (C=O) groups is 1. The molecular weight excluding hydrogens is 439 g/mol. The summed E-state index contributed by atoms with van der Waals surface area (Å²) in [6, 6.07) is 9.08. The van der Waals surface area contributed by atoms with E-state index in [9.17, 15) is 13.2 Å². The van der Waals surface area contributed by atoms with Gasteiger partial charge < -0.3 is 14.8 Å². The van der Waals surface area contributed by atoms with Gasteiger partial charge in [0.1, 0.15) is 16.4 Å². The van der Waals surface area contributed by atoms with Gasteiger partial charge in [0.05, 0.1) is 31.5 Å². The fourth-order valence-electron chi connectivity index (χ4n) is 2.60. The molecule has 0 spiro atoms. The monoisotopic (exact) mass is 460 g/mol. The second kappa shape index (κ2) is 10.2. The zero-order valence-electron chi connectivity index (χ0n) is 16.2. The number of amides is 1. The first-order chi connectivity index (χ1) is 13.7. The average Bonchev–Trinajstić information content (AvgIpc) is 2.69. The minimum atomic E-state index is -4.04. The highest BCUT2D eigenvalue weighted by Gasteiger charge is 2.29. The van der Waals surface area contributed by atoms with E-state index in [-0.39, 0.29) is 17.2 Å². The largest absolute Gasteiger partial charge is 0.497 e. The molecule has 0 aromatic heterocycles. The number of carbonyl (C=O) groups excluding carboxylic acids is 1. The van der Waals surface area contributed by atoms with Gasteiger partial charge in [0.15, 0.2) is 0 Å². The van der Waals surface area contributed by atoms with Gasteiger partial charge >= 0.3 is 0 Å². The molecule has 7 nitrogen and oxygen atoms in total. The van der Waals surface area contributed by atoms with Crippen LogP contribution in [0.25, 0.3) is 0 Å². The minimum Gasteiger partial charge on any atom is -0.497 e. The lowest BCUT2D eigenvalue weighted by molar-refractivity contribution is -0.116. The lowest BCUT2D eigenvalue weighted by Gasteiger charge is -2.22. The van der Waals surface area contributed by atoms with E-state index in [1.54, 1.807) is 18.2 Å². The number of hydrogen-bond donors (Lipinski definition) is 1. The van der Waals surface area contributed by atoms with Gasteiger partial charge in [0.2, 0.25) is 15.9 Å². The Kier molecular flexibility index (Phi) is 8.15. The van der Waals surface area contributed by atoms with Gasteiger partial charge in [-0.1, -0.05) is 30.1 Å². The van der Waals surface area contributed by atoms with Crippen LogP contribution in [-0.4, -0.2) is 45.9 Å². The normalized spacial score (nSPS) is 11.4. The fraction of sp³-hybridized carbons (Fsp3) is 0.316. The third kappa shape index (κ3) is 5.76. The number of nitrogens with one attached hydrogen (secondary N) is 1. The van der Waals surface area contributed by atoms with Crippen LogP contribution in [0.4, 0.5) is 5.69 Å². The highest BCUT2D eigenvalue weighted by atomic mass is 35.5. The van der Waals surface area contributed by atoms with Crippen molar-refractivity contribution in [3.63, 3.8) is 0 Å². The van der Waals surface area contributed by atoms with Crippen LogP contribution in [0.3, 0.4) is 0 Å². The van der Waals surface area contributed by atoms with Gasteiger partial charge in [-0.3, -0.25) is 4.79 Å². The van der Waals surface area contributed by atoms with Gasteiger partial charge in [-0.25, -0.2) is 8.42 Å². The molecule has 158 valence electrons. The molecule has 0 heterocycles. The van der Waals surface area contributed by atoms with Crippen molar-refractivity contribution in [1.82, 2.24) is 4.31 Å². The van der Waals surface area contributed by atoms with Gasteiger partial charge in [-0.05, 0) is 36.8 Å². The van der Waals surface area contributed by atoms with Gasteiger partial charge in [0, 0.05) is 17.6 Å². The smallest absolute Gasteiger partial charge is 0.247 e. The number of benzene rings is 2. The van der Waals surface area contributed by atoms with E-state index in [4.69, 9.17) is 32.7 Å². The molecule has 2 rings (SSSR count). The van der Waals surface area contributed by atoms with Crippen LogP contribution in [0.15, 0.2) is 41.3 Å². The van der Waals surface area contributed by atoms with Crippen LogP contribution in [0.2, 0.25) is 10.0 Å². The van der Waals surface area contributed by atoms with E-state index < -0.39 is 22.5 Å². The Morgan fingerprint density at radius 3 is 2.45 bits per heavy atom. The van der Waals surface area contributed by atoms with E-state index in [2.05, 4.69) is 5.32 Å². The maximum atomic E-state index is 13.2. The summed E-state index contributed by atoms with van der Waals surface area (Å²) in [6.07, 6.45) is 0.511. The molecule has 0 aliphatic heterocycles. The van der Waals surface area contributed by atoms with Crippen LogP contribution in [0.5, 0.6) is 11.5 Å². The molecule has 0 aliphatic rings. The Labute approximate surface area is 180 Å². The summed E-state index contributed by atoms with van der Waals surface area (Å²) < 4.78 is 37.9. The summed E-state index contributed by atoms with van der Waals surface area (Å²) in [5, 5.41) is 3.28. The molecule has 0 aliphatic carbocycles. The van der Waals surface area contributed by atoms with Gasteiger partial charge in [-0.15, -0.1) is 0 Å². The zero-order chi connectivity index (χ0) is 21.6. The van der Waals surface area contributed by atoms with E-state index in [1.165, 1.54) is 32.4 Å². The molecule has 29 heavy (non-hydrogen) atoms. The second-order valence-electron chi connectivity index (χ2n) is 6.03. The van der Waals surface area contributed by atoms with Crippen molar-refractivity contribution >= 4 is 44.8 Å². The zero-order valence-corrected chi connectivity index (χ0v) is 18.6. The number of rotatable bonds is 9. The van der Waals surface area contributed by atoms with E-state index in [1.807, 2.05) is 6.92 Å². The molecule has 0 unspecified atom stereocenters. The van der Waals surface area contributed by atoms with Gasteiger partial charge in [0.25, 0.3) is 0 Å². The van der Waals surface area contributed by atoms with Crippen molar-refractivity contribution in [1.29, 1.82) is 0 Å². The Bertz CT molecular complexity index is 983. The number of anilines is 1. The highest BCUT2D eigenvalue weighted by Crippen LogP contribution is 2.31. The summed E-state index contributed by atoms with van der Waals surface area (Å²) in [5.74, 6) is -0.0331. The molecular formula is C19H22Cl2N2O5S. The number of hydrogen-bond acceptors (Lipinski definition) is 5. The summed E-state index contributed by atoms with van der Waals surface area (Å²) in [4.78, 5) is 12.5. The van der Waals surface area contributed by atoms with Crippen molar-refractivity contribution < 1.29 is 22.7 Å². The van der Waals surface area contributed by atoms with Crippen molar-refractivity contribution in [2.45, 2.75) is 18.2 Å². The lowest BCUT2D eigenvalue weighted by atomic mass is 10.3. The Morgan fingerprint density at radius 2 is 1.83 bits per heavy atom. The summed E-state index contributed by atoms with van der Waals surface area (Å²) in [5.41, 5.74) is 0.303. The number of sulfonamides is 1. The van der Waals surface area contributed by atoms with Crippen molar-refractivity contribution in [3.05, 3.63) is 46.4 Å². The molecule has 2 aromatic rings. The maximum absolute atomic E-state index is 13.2. The minimum absolute atomic E-state index is 0.0820. The highest BCUT2D eigenvalue weighted by molar-refractivity contribution is 7.89. The fourth-order valence-corrected chi connectivity index (χ4v) is 4.60. The molecule has 0 saturated heterocycles. The van der Waals surface area contributed by atoms with Crippen molar-refractivity contribution in [2.75, 3.05) is 32.6 Å². The molecule has 0 saturated carbocycles. The summed E-state index contributed by atoms with van der Waals surface area (Å²) >= 11 is 12.0. The van der Waals surface area contributed by atoms with Crippen LogP contribution in [-0.2, 0) is 14.8 Å². The number of halogens is 2. The molecule has 1 N–H and O–H groups in total. The molecule has 10 heteroatoms. The third-order valence-electron chi connectivity index (χ3n) is 3.98. The first-order valence-electron chi connectivity index (χ1n) is 8.70. The Balaban J connectivity index is 2.32. The molecule has 0 fully saturated rings. The second-order valence-corrected chi connectivity index (χ2v) is 8.78. The molecule has 0 atom stereocenters. The SMILES string of the molecule is CCCN(CC(=O)Nc1cc(Cl)ccc1Cl)S(=O)(=O)c1cc(OC)ccc1OC. The molecule has 2 aromatic carbocycles. The standard InChI is InChI=1S/C19H22Cl2N2O5S/c1-4-9-23(12-19(24)22-16-10-13(20)5-7-15(16)21)29(25,26)18-11-14(27-2)6-8-17(18)28-3/h5-8,10-11H,4,9,12H2,1-3H3,(H,22,24). The van der Waals surface area contributed by atoms with Crippen LogP contribution >= 0.6 is 23.2 Å². The van der Waals surface area contributed by atoms with Crippen LogP contribution in [0, 0.1) is 0 Å². The number of ether oxygens (including phenoxy) is 2. The molecule has 0 bridgehead atoms. The predicted octanol–water partition coefficient (Wildman–Crippen LogP) is 4.05. The summed E-state index contributed by atoms with van der Waals surface area (Å²) in [7, 11) is -1.23. The Hall–Kier alpha value is -2.00. The molecule has 0 radical (unpaired) electrons. The quantitative estimate of drug-likeness (QED) is 0.609. The van der Waals surface area contributed by atoms with E-state index >= 15 is 0 Å². The molecule has 1 amide bonds. The Morgan fingerprint density at radius 1 is 1.10 bits per heavy atom. The van der Waals surface area contributed by atoms with E-state index in [0.717, 1.165) is 4.31 Å². The predicted molar refractivity (Wildman–Crippen MR) is 114 cm³/mol. The number of methoxy groups -OCH3 is 2. The van der Waals surface area contributed by atoms with Crippen molar-refractivity contribution in [3.8, 4) is 11.5 Å². The lowest BCUT2D eigenvalue weighted by Crippen LogP contribution is -2.38. The van der Waals surface area contributed by atoms with Gasteiger partial charge in [-0.2, -0.15) is 4.31 Å². The third-order valence-corrected chi connectivity index (χ3v) is 6.42. The topological polar surface area (TPSA) is 84.9 Å². The summed E-state index contributed by atoms with van der Waals surface area (Å²) in [6.45, 7) is 1.55. The average molecular weight is 461 g/mol. The van der Waals surface area contributed by atoms with Crippen molar-refractivity contribution in [2.24, 2.45) is 0 Å². The first-order valence-corrected chi connectivity index (χ1v) is 10.9. The van der Waals surface area contributed by atoms with Crippen LogP contribution in [0.1, 0.15) is 13.3 Å².